The van der Waals surface area contributed by atoms with Crippen molar-refractivity contribution < 1.29 is 42.3 Å². The van der Waals surface area contributed by atoms with Gasteiger partial charge in [-0.3, -0.25) is 34.6 Å². The number of nitrogens with zero attached hydrogens (tertiary/aromatic N) is 7. The topological polar surface area (TPSA) is 185 Å². The number of thiazole rings is 1. The minimum Gasteiger partial charge on any atom is -0.389 e. The highest BCUT2D eigenvalue weighted by Gasteiger charge is 2.48. The Morgan fingerprint density at radius 2 is 1.60 bits per heavy atom. The lowest BCUT2D eigenvalue weighted by Gasteiger charge is -2.55. The minimum absolute atomic E-state index is 0.0208. The number of nitrogens with one attached hydrogen (secondary N) is 3. The van der Waals surface area contributed by atoms with E-state index in [0.717, 1.165) is 74.4 Å². The fourth-order valence-electron chi connectivity index (χ4n) is 11.2. The Bertz CT molecular complexity index is 2880. The molecular weight excluding hydrogens is 926 g/mol. The first-order chi connectivity index (χ1) is 33.7. The van der Waals surface area contributed by atoms with Crippen LogP contribution in [0.5, 0.6) is 0 Å². The summed E-state index contributed by atoms with van der Waals surface area (Å²) in [5.41, 5.74) is 2.65. The number of hydrogen-bond acceptors (Lipinski definition) is 12. The van der Waals surface area contributed by atoms with Crippen molar-refractivity contribution >= 4 is 63.1 Å². The normalized spacial score (nSPS) is 20.8. The SMILES string of the molecule is O=C1CC[C@H](Nc2cc(F)c(N3CCC(O)(CC(=O)N4CC5(CCN(c6ccc(-c7cc(F)c8c(c7)C(=O)N(C(C(=O)Nc7nccs7)c7ncn9c7CCC9)C8)cc6)CC5)C4)CC3)c(F)c2)C(=O)N1. The van der Waals surface area contributed by atoms with Crippen LogP contribution >= 0.6 is 11.3 Å². The summed E-state index contributed by atoms with van der Waals surface area (Å²) in [7, 11) is 0. The largest absolute Gasteiger partial charge is 0.389 e. The number of likely N-dealkylation sites (tertiary alicyclic amines) is 1. The van der Waals surface area contributed by atoms with E-state index >= 15 is 13.2 Å². The Morgan fingerprint density at radius 3 is 2.30 bits per heavy atom. The maximum atomic E-state index is 16.0. The summed E-state index contributed by atoms with van der Waals surface area (Å²) in [4.78, 5) is 80.9. The summed E-state index contributed by atoms with van der Waals surface area (Å²) in [6, 6.07) is 11.3. The van der Waals surface area contributed by atoms with Gasteiger partial charge in [-0.1, -0.05) is 12.1 Å². The van der Waals surface area contributed by atoms with Crippen molar-refractivity contribution in [3.8, 4) is 11.1 Å². The van der Waals surface area contributed by atoms with Crippen LogP contribution in [0, 0.1) is 22.9 Å². The number of rotatable bonds is 11. The van der Waals surface area contributed by atoms with Crippen molar-refractivity contribution in [2.45, 2.75) is 88.6 Å². The van der Waals surface area contributed by atoms with Gasteiger partial charge in [0.05, 0.1) is 30.6 Å². The van der Waals surface area contributed by atoms with Crippen molar-refractivity contribution in [1.29, 1.82) is 0 Å². The van der Waals surface area contributed by atoms with E-state index < -0.39 is 58.8 Å². The molecule has 2 aromatic heterocycles. The highest BCUT2D eigenvalue weighted by molar-refractivity contribution is 7.13. The molecule has 4 fully saturated rings. The summed E-state index contributed by atoms with van der Waals surface area (Å²) >= 11 is 1.26. The van der Waals surface area contributed by atoms with E-state index in [1.807, 2.05) is 28.8 Å². The van der Waals surface area contributed by atoms with E-state index in [9.17, 15) is 29.1 Å². The van der Waals surface area contributed by atoms with Crippen LogP contribution in [0.1, 0.15) is 84.7 Å². The molecule has 20 heteroatoms. The number of hydrogen-bond donors (Lipinski definition) is 4. The van der Waals surface area contributed by atoms with Gasteiger partial charge in [-0.15, -0.1) is 11.3 Å². The number of halogens is 3. The summed E-state index contributed by atoms with van der Waals surface area (Å²) in [5, 5.41) is 21.4. The molecule has 6 aliphatic rings. The highest BCUT2D eigenvalue weighted by atomic mass is 32.1. The van der Waals surface area contributed by atoms with Gasteiger partial charge in [0.2, 0.25) is 17.7 Å². The molecule has 4 N–H and O–H groups in total. The molecule has 0 bridgehead atoms. The van der Waals surface area contributed by atoms with Crippen LogP contribution in [0.25, 0.3) is 11.1 Å². The number of amides is 5. The van der Waals surface area contributed by atoms with Gasteiger partial charge in [0, 0.05) is 97.4 Å². The van der Waals surface area contributed by atoms with Crippen LogP contribution in [-0.4, -0.2) is 110 Å². The van der Waals surface area contributed by atoms with Crippen molar-refractivity contribution in [3.05, 3.63) is 106 Å². The molecule has 0 radical (unpaired) electrons. The second-order valence-electron chi connectivity index (χ2n) is 19.6. The molecule has 5 aromatic rings. The van der Waals surface area contributed by atoms with Gasteiger partial charge < -0.3 is 34.6 Å². The summed E-state index contributed by atoms with van der Waals surface area (Å²) < 4.78 is 48.6. The van der Waals surface area contributed by atoms with Crippen LogP contribution in [0.3, 0.4) is 0 Å². The molecule has 4 saturated heterocycles. The van der Waals surface area contributed by atoms with E-state index in [-0.39, 0.29) is 85.6 Å². The van der Waals surface area contributed by atoms with E-state index in [4.69, 9.17) is 0 Å². The Balaban J connectivity index is 0.673. The van der Waals surface area contributed by atoms with Gasteiger partial charge in [0.25, 0.3) is 11.8 Å². The number of carbonyl (C=O) groups excluding carboxylic acids is 5. The van der Waals surface area contributed by atoms with Gasteiger partial charge >= 0.3 is 0 Å². The number of aryl methyl sites for hydroxylation is 1. The maximum Gasteiger partial charge on any atom is 0.255 e. The Kier molecular flexibility index (Phi) is 11.6. The number of piperidine rings is 3. The fraction of sp³-hybridized carbons (Fsp3) is 0.420. The molecule has 0 saturated carbocycles. The Morgan fingerprint density at radius 1 is 0.871 bits per heavy atom. The molecule has 2 atom stereocenters. The van der Waals surface area contributed by atoms with Crippen molar-refractivity contribution in [2.75, 3.05) is 59.7 Å². The van der Waals surface area contributed by atoms with Crippen LogP contribution in [-0.2, 0) is 38.7 Å². The molecule has 6 aliphatic heterocycles. The zero-order chi connectivity index (χ0) is 48.5. The number of fused-ring (bicyclic) bond motifs is 2. The first kappa shape index (κ1) is 45.6. The third kappa shape index (κ3) is 8.54. The standard InChI is InChI=1S/C50H51F3N10O6S/c51-35-21-30(20-33-34(35)25-63(47(33)68)44(46(67)58-48-54-13-19-70-48)42-39-2-1-14-61(39)28-55-42)29-3-5-32(6-4-29)59-15-9-49(10-16-59)26-62(27-49)41(65)24-50(69)11-17-60(18-12-50)43-36(52)22-31(23-37(43)53)56-38-7-8-40(64)57-45(38)66/h3-6,13,19-23,28,38,44,56,69H,1-2,7-12,14-18,24-27H2,(H,54,58,67)(H,57,64,66)/t38-,44?/m0/s1. The lowest BCUT2D eigenvalue weighted by molar-refractivity contribution is -0.151. The molecule has 1 unspecified atom stereocenters. The first-order valence-corrected chi connectivity index (χ1v) is 24.7. The molecule has 0 aliphatic carbocycles. The first-order valence-electron chi connectivity index (χ1n) is 23.8. The van der Waals surface area contributed by atoms with E-state index in [2.05, 4.69) is 30.8 Å². The monoisotopic (exact) mass is 976 g/mol. The minimum atomic E-state index is -1.31. The van der Waals surface area contributed by atoms with Crippen LogP contribution in [0.2, 0.25) is 0 Å². The van der Waals surface area contributed by atoms with E-state index in [0.29, 0.717) is 29.5 Å². The van der Waals surface area contributed by atoms with Crippen LogP contribution in [0.4, 0.5) is 35.4 Å². The van der Waals surface area contributed by atoms with Crippen molar-refractivity contribution in [3.63, 3.8) is 0 Å². The number of benzene rings is 3. The third-order valence-corrected chi connectivity index (χ3v) is 15.9. The molecule has 16 nitrogen and oxygen atoms in total. The molecule has 3 aromatic carbocycles. The fourth-order valence-corrected chi connectivity index (χ4v) is 11.8. The molecule has 11 rings (SSSR count). The average Bonchev–Trinajstić information content (AvgIpc) is 4.15. The van der Waals surface area contributed by atoms with E-state index in [1.54, 1.807) is 28.9 Å². The molecule has 1 spiro atoms. The summed E-state index contributed by atoms with van der Waals surface area (Å²) in [6.45, 7) is 3.73. The zero-order valence-electron chi connectivity index (χ0n) is 38.2. The number of aliphatic hydroxyl groups is 1. The zero-order valence-corrected chi connectivity index (χ0v) is 39.0. The van der Waals surface area contributed by atoms with Gasteiger partial charge in [0.1, 0.15) is 17.5 Å². The quantitative estimate of drug-likeness (QED) is 0.118. The second kappa shape index (κ2) is 17.9. The Hall–Kier alpha value is -6.80. The van der Waals surface area contributed by atoms with E-state index in [1.165, 1.54) is 27.2 Å². The molecule has 8 heterocycles. The van der Waals surface area contributed by atoms with Gasteiger partial charge in [-0.25, -0.2) is 23.1 Å². The Labute approximate surface area is 404 Å². The third-order valence-electron chi connectivity index (χ3n) is 15.2. The van der Waals surface area contributed by atoms with Gasteiger partial charge in [-0.05, 0) is 92.5 Å². The van der Waals surface area contributed by atoms with Crippen molar-refractivity contribution in [2.24, 2.45) is 5.41 Å². The lowest BCUT2D eigenvalue weighted by Crippen LogP contribution is -2.62. The predicted molar refractivity (Wildman–Crippen MR) is 253 cm³/mol. The predicted octanol–water partition coefficient (Wildman–Crippen LogP) is 5.77. The number of aromatic nitrogens is 3. The van der Waals surface area contributed by atoms with Gasteiger partial charge in [-0.2, -0.15) is 0 Å². The average molecular weight is 977 g/mol. The summed E-state index contributed by atoms with van der Waals surface area (Å²) in [6.07, 6.45) is 7.21. The molecular formula is C50H51F3N10O6S. The second-order valence-corrected chi connectivity index (χ2v) is 20.5. The molecule has 70 heavy (non-hydrogen) atoms. The van der Waals surface area contributed by atoms with Gasteiger partial charge in [0.15, 0.2) is 22.8 Å². The smallest absolute Gasteiger partial charge is 0.255 e. The molecule has 5 amide bonds. The van der Waals surface area contributed by atoms with Crippen LogP contribution < -0.4 is 25.8 Å². The number of carbonyl (C=O) groups is 5. The summed E-state index contributed by atoms with van der Waals surface area (Å²) in [5.74, 6) is -4.15. The lowest BCUT2D eigenvalue weighted by atomic mass is 9.71. The van der Waals surface area contributed by atoms with Crippen LogP contribution in [0.15, 0.2) is 66.4 Å². The van der Waals surface area contributed by atoms with Crippen molar-refractivity contribution in [1.82, 2.24) is 29.7 Å². The maximum absolute atomic E-state index is 16.0. The molecule has 364 valence electrons. The number of anilines is 4. The number of imide groups is 1. The highest BCUT2D eigenvalue weighted by Crippen LogP contribution is 2.44. The number of imidazole rings is 1.